The number of hydrogen-bond acceptors (Lipinski definition) is 3. The number of hydrogen-bond donors (Lipinski definition) is 1. The summed E-state index contributed by atoms with van der Waals surface area (Å²) >= 11 is 0. The van der Waals surface area contributed by atoms with Crippen molar-refractivity contribution in [3.8, 4) is 17.0 Å². The standard InChI is InChI=1S/C20H20F2N2O.C2HF3O2/c1-3-6-18-20(16-10-9-15(21)11-17(16)22)23-13-24(18)12-14-7-4-5-8-19(14)25-2;3-2(4,5)1(6)7/h4-5,7-11,13H,3,6,12H2,1-2H3;(H,6,7). The van der Waals surface area contributed by atoms with E-state index in [1.165, 1.54) is 12.1 Å². The highest BCUT2D eigenvalue weighted by Gasteiger charge is 2.38. The number of nitrogens with zero attached hydrogens (tertiary/aromatic N) is 2. The molecular formula is C22H21F5N2O3. The molecule has 172 valence electrons. The van der Waals surface area contributed by atoms with Crippen molar-refractivity contribution >= 4 is 5.97 Å². The third-order valence-corrected chi connectivity index (χ3v) is 4.40. The van der Waals surface area contributed by atoms with Crippen molar-refractivity contribution < 1.29 is 36.6 Å². The lowest BCUT2D eigenvalue weighted by Gasteiger charge is -2.12. The highest BCUT2D eigenvalue weighted by atomic mass is 19.4. The van der Waals surface area contributed by atoms with Gasteiger partial charge in [-0.25, -0.2) is 18.6 Å². The SMILES string of the molecule is CCCc1c(-c2ccc(F)cc2F)ncn1Cc1ccccc1OC.O=C(O)C(F)(F)F. The van der Waals surface area contributed by atoms with Gasteiger partial charge in [0.1, 0.15) is 17.4 Å². The molecule has 0 saturated heterocycles. The number of halogens is 5. The van der Waals surface area contributed by atoms with Crippen molar-refractivity contribution in [3.05, 3.63) is 71.7 Å². The summed E-state index contributed by atoms with van der Waals surface area (Å²) in [5.74, 6) is -3.15. The fourth-order valence-corrected chi connectivity index (χ4v) is 2.97. The zero-order chi connectivity index (χ0) is 23.9. The van der Waals surface area contributed by atoms with Gasteiger partial charge in [0, 0.05) is 22.9 Å². The zero-order valence-corrected chi connectivity index (χ0v) is 17.3. The highest BCUT2D eigenvalue weighted by molar-refractivity contribution is 5.73. The molecule has 0 aliphatic heterocycles. The van der Waals surface area contributed by atoms with Crippen LogP contribution in [0.25, 0.3) is 11.3 Å². The van der Waals surface area contributed by atoms with Gasteiger partial charge in [0.15, 0.2) is 0 Å². The summed E-state index contributed by atoms with van der Waals surface area (Å²) in [6.45, 7) is 2.64. The Morgan fingerprint density at radius 1 is 1.16 bits per heavy atom. The number of imidazole rings is 1. The summed E-state index contributed by atoms with van der Waals surface area (Å²) in [7, 11) is 1.64. The van der Waals surface area contributed by atoms with E-state index in [1.807, 2.05) is 28.8 Å². The third-order valence-electron chi connectivity index (χ3n) is 4.40. The van der Waals surface area contributed by atoms with Crippen molar-refractivity contribution in [2.75, 3.05) is 7.11 Å². The minimum absolute atomic E-state index is 0.323. The Labute approximate surface area is 181 Å². The Kier molecular flexibility index (Phi) is 8.34. The van der Waals surface area contributed by atoms with Gasteiger partial charge in [0.05, 0.1) is 25.7 Å². The fourth-order valence-electron chi connectivity index (χ4n) is 2.97. The molecule has 0 radical (unpaired) electrons. The van der Waals surface area contributed by atoms with E-state index in [-0.39, 0.29) is 0 Å². The van der Waals surface area contributed by atoms with E-state index in [4.69, 9.17) is 14.6 Å². The van der Waals surface area contributed by atoms with Gasteiger partial charge in [-0.1, -0.05) is 31.5 Å². The van der Waals surface area contributed by atoms with Crippen LogP contribution in [0.15, 0.2) is 48.8 Å². The second kappa shape index (κ2) is 10.7. The molecule has 3 aromatic rings. The van der Waals surface area contributed by atoms with Crippen LogP contribution in [0.5, 0.6) is 5.75 Å². The molecule has 3 rings (SSSR count). The maximum Gasteiger partial charge on any atom is 0.490 e. The number of carboxylic acids is 1. The van der Waals surface area contributed by atoms with Gasteiger partial charge in [-0.2, -0.15) is 13.2 Å². The second-order valence-electron chi connectivity index (χ2n) is 6.66. The minimum atomic E-state index is -5.08. The molecule has 0 saturated carbocycles. The molecular weight excluding hydrogens is 435 g/mol. The van der Waals surface area contributed by atoms with Crippen LogP contribution in [-0.2, 0) is 17.8 Å². The molecule has 0 aliphatic rings. The van der Waals surface area contributed by atoms with Crippen LogP contribution >= 0.6 is 0 Å². The Morgan fingerprint density at radius 3 is 2.38 bits per heavy atom. The number of carboxylic acid groups (broad SMARTS) is 1. The summed E-state index contributed by atoms with van der Waals surface area (Å²) in [5, 5.41) is 7.12. The number of ether oxygens (including phenoxy) is 1. The van der Waals surface area contributed by atoms with Gasteiger partial charge in [-0.05, 0) is 24.6 Å². The molecule has 0 amide bonds. The number of para-hydroxylation sites is 1. The number of carbonyl (C=O) groups is 1. The fraction of sp³-hybridized carbons (Fsp3) is 0.273. The predicted octanol–water partition coefficient (Wildman–Crippen LogP) is 5.47. The van der Waals surface area contributed by atoms with Gasteiger partial charge in [-0.3, -0.25) is 0 Å². The number of benzene rings is 2. The normalized spacial score (nSPS) is 11.0. The topological polar surface area (TPSA) is 64.4 Å². The first-order chi connectivity index (χ1) is 15.1. The first kappa shape index (κ1) is 24.8. The van der Waals surface area contributed by atoms with Gasteiger partial charge in [-0.15, -0.1) is 0 Å². The minimum Gasteiger partial charge on any atom is -0.496 e. The Morgan fingerprint density at radius 2 is 1.81 bits per heavy atom. The van der Waals surface area contributed by atoms with Crippen molar-refractivity contribution in [1.29, 1.82) is 0 Å². The lowest BCUT2D eigenvalue weighted by atomic mass is 10.1. The highest BCUT2D eigenvalue weighted by Crippen LogP contribution is 2.28. The van der Waals surface area contributed by atoms with Gasteiger partial charge in [0.25, 0.3) is 0 Å². The van der Waals surface area contributed by atoms with Crippen molar-refractivity contribution in [3.63, 3.8) is 0 Å². The smallest absolute Gasteiger partial charge is 0.490 e. The quantitative estimate of drug-likeness (QED) is 0.500. The van der Waals surface area contributed by atoms with Gasteiger partial charge < -0.3 is 14.4 Å². The zero-order valence-electron chi connectivity index (χ0n) is 17.3. The Bertz CT molecular complexity index is 1060. The van der Waals surface area contributed by atoms with Crippen molar-refractivity contribution in [1.82, 2.24) is 9.55 Å². The monoisotopic (exact) mass is 456 g/mol. The average molecular weight is 456 g/mol. The molecule has 1 aromatic heterocycles. The van der Waals surface area contributed by atoms with Gasteiger partial charge in [0.2, 0.25) is 0 Å². The predicted molar refractivity (Wildman–Crippen MR) is 107 cm³/mol. The molecule has 0 unspecified atom stereocenters. The summed E-state index contributed by atoms with van der Waals surface area (Å²) in [6, 6.07) is 11.4. The number of aromatic nitrogens is 2. The molecule has 0 spiro atoms. The van der Waals surface area contributed by atoms with E-state index in [0.717, 1.165) is 35.9 Å². The Hall–Kier alpha value is -3.43. The average Bonchev–Trinajstić information content (AvgIpc) is 3.10. The van der Waals surface area contributed by atoms with Crippen molar-refractivity contribution in [2.45, 2.75) is 32.5 Å². The molecule has 0 bridgehead atoms. The molecule has 10 heteroatoms. The molecule has 1 N–H and O–H groups in total. The van der Waals surface area contributed by atoms with Crippen LogP contribution in [0.2, 0.25) is 0 Å². The number of methoxy groups -OCH3 is 1. The first-order valence-corrected chi connectivity index (χ1v) is 9.49. The number of rotatable bonds is 6. The summed E-state index contributed by atoms with van der Waals surface area (Å²) in [4.78, 5) is 13.3. The molecule has 1 heterocycles. The van der Waals surface area contributed by atoms with Crippen LogP contribution in [0.4, 0.5) is 22.0 Å². The first-order valence-electron chi connectivity index (χ1n) is 9.49. The Balaban J connectivity index is 0.000000451. The molecule has 0 fully saturated rings. The summed E-state index contributed by atoms with van der Waals surface area (Å²) in [5.41, 5.74) is 2.84. The molecule has 32 heavy (non-hydrogen) atoms. The van der Waals surface area contributed by atoms with Crippen LogP contribution in [0.3, 0.4) is 0 Å². The van der Waals surface area contributed by atoms with Crippen LogP contribution < -0.4 is 4.74 Å². The number of alkyl halides is 3. The van der Waals surface area contributed by atoms with E-state index in [0.29, 0.717) is 17.8 Å². The second-order valence-corrected chi connectivity index (χ2v) is 6.66. The van der Waals surface area contributed by atoms with E-state index >= 15 is 0 Å². The molecule has 0 atom stereocenters. The van der Waals surface area contributed by atoms with E-state index in [1.54, 1.807) is 13.4 Å². The molecule has 2 aromatic carbocycles. The van der Waals surface area contributed by atoms with E-state index in [2.05, 4.69) is 11.9 Å². The lowest BCUT2D eigenvalue weighted by molar-refractivity contribution is -0.192. The molecule has 5 nitrogen and oxygen atoms in total. The maximum atomic E-state index is 14.2. The maximum absolute atomic E-state index is 14.2. The third kappa shape index (κ3) is 6.29. The largest absolute Gasteiger partial charge is 0.496 e. The van der Waals surface area contributed by atoms with Crippen LogP contribution in [0.1, 0.15) is 24.6 Å². The van der Waals surface area contributed by atoms with Gasteiger partial charge >= 0.3 is 12.1 Å². The lowest BCUT2D eigenvalue weighted by Crippen LogP contribution is -2.21. The summed E-state index contributed by atoms with van der Waals surface area (Å²) in [6.07, 6.45) is -1.73. The van der Waals surface area contributed by atoms with Crippen LogP contribution in [-0.4, -0.2) is 33.9 Å². The summed E-state index contributed by atoms with van der Waals surface area (Å²) < 4.78 is 66.6. The van der Waals surface area contributed by atoms with Crippen LogP contribution in [0, 0.1) is 11.6 Å². The molecule has 0 aliphatic carbocycles. The van der Waals surface area contributed by atoms with E-state index in [9.17, 15) is 22.0 Å². The van der Waals surface area contributed by atoms with E-state index < -0.39 is 23.8 Å². The van der Waals surface area contributed by atoms with Crippen molar-refractivity contribution in [2.24, 2.45) is 0 Å². The number of aliphatic carboxylic acids is 1.